The summed E-state index contributed by atoms with van der Waals surface area (Å²) in [7, 11) is 0. The van der Waals surface area contributed by atoms with Gasteiger partial charge in [-0.25, -0.2) is 3.11 Å². The molecule has 0 aliphatic rings. The van der Waals surface area contributed by atoms with Gasteiger partial charge in [0.15, 0.2) is 0 Å². The molecule has 0 spiro atoms. The van der Waals surface area contributed by atoms with Gasteiger partial charge < -0.3 is 0 Å². The predicted molar refractivity (Wildman–Crippen MR) is 157 cm³/mol. The van der Waals surface area contributed by atoms with Crippen molar-refractivity contribution in [2.45, 2.75) is 181 Å². The minimum Gasteiger partial charge on any atom is -0.248 e. The summed E-state index contributed by atoms with van der Waals surface area (Å²) in [6, 6.07) is 0. The fourth-order valence-corrected chi connectivity index (χ4v) is 5.40. The zero-order valence-corrected chi connectivity index (χ0v) is 24.8. The summed E-state index contributed by atoms with van der Waals surface area (Å²) in [4.78, 5) is 0. The summed E-state index contributed by atoms with van der Waals surface area (Å²) in [6.45, 7) is 7.21. The maximum atomic E-state index is 2.57. The van der Waals surface area contributed by atoms with Gasteiger partial charge in [-0.3, -0.25) is 0 Å². The van der Waals surface area contributed by atoms with E-state index in [-0.39, 0.29) is 0 Å². The number of halogens is 1. The van der Waals surface area contributed by atoms with Crippen LogP contribution in [0.3, 0.4) is 0 Å². The van der Waals surface area contributed by atoms with Crippen LogP contribution in [-0.4, -0.2) is 16.2 Å². The normalized spacial score (nSPS) is 11.6. The van der Waals surface area contributed by atoms with Crippen molar-refractivity contribution in [3.63, 3.8) is 0 Å². The molecular formula is C30H62IN. The van der Waals surface area contributed by atoms with Crippen LogP contribution in [0.5, 0.6) is 0 Å². The van der Waals surface area contributed by atoms with Crippen molar-refractivity contribution in [2.24, 2.45) is 0 Å². The van der Waals surface area contributed by atoms with Gasteiger partial charge in [-0.05, 0) is 12.8 Å². The molecular weight excluding hydrogens is 501 g/mol. The highest BCUT2D eigenvalue weighted by Gasteiger charge is 2.01. The van der Waals surface area contributed by atoms with Crippen molar-refractivity contribution in [3.05, 3.63) is 0 Å². The predicted octanol–water partition coefficient (Wildman–Crippen LogP) is 11.8. The Hall–Kier alpha value is 0.690. The Morgan fingerprint density at radius 2 is 0.500 bits per heavy atom. The quantitative estimate of drug-likeness (QED) is 0.0520. The van der Waals surface area contributed by atoms with Gasteiger partial charge in [-0.15, -0.1) is 0 Å². The number of hydrogen-bond acceptors (Lipinski definition) is 1. The molecule has 0 bridgehead atoms. The van der Waals surface area contributed by atoms with E-state index in [1.807, 2.05) is 0 Å². The van der Waals surface area contributed by atoms with E-state index in [0.29, 0.717) is 0 Å². The molecule has 0 aromatic carbocycles. The average molecular weight is 564 g/mol. The molecule has 1 nitrogen and oxygen atoms in total. The Bertz CT molecular complexity index is 320. The van der Waals surface area contributed by atoms with Crippen LogP contribution in [0.1, 0.15) is 181 Å². The van der Waals surface area contributed by atoms with Crippen molar-refractivity contribution in [1.82, 2.24) is 3.11 Å². The molecule has 0 rings (SSSR count). The smallest absolute Gasteiger partial charge is 0.0201 e. The highest BCUT2D eigenvalue weighted by atomic mass is 127. The van der Waals surface area contributed by atoms with Crippen molar-refractivity contribution in [1.29, 1.82) is 0 Å². The fourth-order valence-electron chi connectivity index (χ4n) is 4.71. The highest BCUT2D eigenvalue weighted by Crippen LogP contribution is 2.15. The van der Waals surface area contributed by atoms with Gasteiger partial charge in [0.1, 0.15) is 0 Å². The molecule has 0 heterocycles. The molecule has 0 aliphatic carbocycles. The Morgan fingerprint density at radius 1 is 0.312 bits per heavy atom. The van der Waals surface area contributed by atoms with Gasteiger partial charge in [0.25, 0.3) is 0 Å². The molecule has 0 saturated carbocycles. The maximum absolute atomic E-state index is 2.57. The SMILES string of the molecule is CCCCCCCCCCCCCCCCN(I)CCCCCCCCCCCCCC. The van der Waals surface area contributed by atoms with E-state index in [4.69, 9.17) is 0 Å². The summed E-state index contributed by atoms with van der Waals surface area (Å²) in [6.07, 6.45) is 37.8. The highest BCUT2D eigenvalue weighted by molar-refractivity contribution is 14.1. The molecule has 0 aromatic rings. The van der Waals surface area contributed by atoms with Crippen LogP contribution in [0.2, 0.25) is 0 Å². The second kappa shape index (κ2) is 29.7. The number of rotatable bonds is 28. The molecule has 2 heteroatoms. The van der Waals surface area contributed by atoms with E-state index < -0.39 is 0 Å². The zero-order chi connectivity index (χ0) is 23.4. The molecule has 194 valence electrons. The summed E-state index contributed by atoms with van der Waals surface area (Å²) in [5.41, 5.74) is 0. The minimum absolute atomic E-state index is 1.30. The maximum Gasteiger partial charge on any atom is 0.0201 e. The second-order valence-electron chi connectivity index (χ2n) is 10.4. The lowest BCUT2D eigenvalue weighted by atomic mass is 10.0. The summed E-state index contributed by atoms with van der Waals surface area (Å²) >= 11 is 2.57. The molecule has 0 aliphatic heterocycles. The standard InChI is InChI=1S/C30H62IN/c1-3-5-7-9-11-13-15-17-18-20-22-24-26-28-30-32(31)29-27-25-23-21-19-16-14-12-10-8-6-4-2/h3-30H2,1-2H3. The van der Waals surface area contributed by atoms with Crippen LogP contribution in [0.25, 0.3) is 0 Å². The van der Waals surface area contributed by atoms with Crippen molar-refractivity contribution in [3.8, 4) is 0 Å². The number of unbranched alkanes of at least 4 members (excludes halogenated alkanes) is 24. The molecule has 0 amide bonds. The molecule has 0 radical (unpaired) electrons. The first-order chi connectivity index (χ1) is 15.8. The van der Waals surface area contributed by atoms with E-state index in [0.717, 1.165) is 0 Å². The lowest BCUT2D eigenvalue weighted by Crippen LogP contribution is -2.14. The fraction of sp³-hybridized carbons (Fsp3) is 1.00. The zero-order valence-electron chi connectivity index (χ0n) is 22.6. The van der Waals surface area contributed by atoms with Crippen LogP contribution in [0.4, 0.5) is 0 Å². The first-order valence-corrected chi connectivity index (χ1v) is 16.2. The van der Waals surface area contributed by atoms with Crippen LogP contribution < -0.4 is 0 Å². The Labute approximate surface area is 219 Å². The Balaban J connectivity index is 3.13. The first kappa shape index (κ1) is 32.7. The van der Waals surface area contributed by atoms with Gasteiger partial charge in [0.2, 0.25) is 0 Å². The Kier molecular flexibility index (Phi) is 30.4. The Morgan fingerprint density at radius 3 is 0.719 bits per heavy atom. The number of hydrogen-bond donors (Lipinski definition) is 0. The molecule has 0 N–H and O–H groups in total. The number of nitrogens with zero attached hydrogens (tertiary/aromatic N) is 1. The van der Waals surface area contributed by atoms with Gasteiger partial charge in [0.05, 0.1) is 0 Å². The summed E-state index contributed by atoms with van der Waals surface area (Å²) in [5, 5.41) is 0. The monoisotopic (exact) mass is 563 g/mol. The third-order valence-electron chi connectivity index (χ3n) is 7.01. The lowest BCUT2D eigenvalue weighted by molar-refractivity contribution is 0.448. The molecule has 32 heavy (non-hydrogen) atoms. The van der Waals surface area contributed by atoms with E-state index >= 15 is 0 Å². The van der Waals surface area contributed by atoms with Crippen molar-refractivity contribution < 1.29 is 0 Å². The van der Waals surface area contributed by atoms with Crippen LogP contribution in [0, 0.1) is 0 Å². The molecule has 0 atom stereocenters. The van der Waals surface area contributed by atoms with Crippen molar-refractivity contribution in [2.75, 3.05) is 13.1 Å². The van der Waals surface area contributed by atoms with Crippen molar-refractivity contribution >= 4 is 22.9 Å². The second-order valence-corrected chi connectivity index (χ2v) is 11.8. The van der Waals surface area contributed by atoms with Crippen LogP contribution in [0.15, 0.2) is 0 Å². The van der Waals surface area contributed by atoms with Gasteiger partial charge in [0, 0.05) is 36.0 Å². The first-order valence-electron chi connectivity index (χ1n) is 15.2. The van der Waals surface area contributed by atoms with Gasteiger partial charge in [-0.1, -0.05) is 168 Å². The minimum atomic E-state index is 1.30. The van der Waals surface area contributed by atoms with Gasteiger partial charge in [-0.2, -0.15) is 0 Å². The van der Waals surface area contributed by atoms with E-state index in [2.05, 4.69) is 39.8 Å². The largest absolute Gasteiger partial charge is 0.248 e. The molecule has 0 saturated heterocycles. The topological polar surface area (TPSA) is 3.24 Å². The third kappa shape index (κ3) is 28.7. The van der Waals surface area contributed by atoms with Gasteiger partial charge >= 0.3 is 0 Å². The third-order valence-corrected chi connectivity index (χ3v) is 7.97. The van der Waals surface area contributed by atoms with E-state index in [1.54, 1.807) is 0 Å². The average Bonchev–Trinajstić information content (AvgIpc) is 2.80. The van der Waals surface area contributed by atoms with E-state index in [9.17, 15) is 0 Å². The molecule has 0 unspecified atom stereocenters. The molecule has 0 fully saturated rings. The van der Waals surface area contributed by atoms with E-state index in [1.165, 1.54) is 180 Å². The molecule has 0 aromatic heterocycles. The summed E-state index contributed by atoms with van der Waals surface area (Å²) < 4.78 is 2.55. The lowest BCUT2D eigenvalue weighted by Gasteiger charge is -2.14. The summed E-state index contributed by atoms with van der Waals surface area (Å²) in [5.74, 6) is 0. The van der Waals surface area contributed by atoms with Crippen LogP contribution >= 0.6 is 22.9 Å². The van der Waals surface area contributed by atoms with Crippen LogP contribution in [-0.2, 0) is 0 Å².